The first-order chi connectivity index (χ1) is 12.3. The van der Waals surface area contributed by atoms with E-state index in [1.807, 2.05) is 0 Å². The number of hydrogen-bond acceptors (Lipinski definition) is 5. The van der Waals surface area contributed by atoms with Gasteiger partial charge in [0.15, 0.2) is 5.69 Å². The maximum atomic E-state index is 12.9. The number of nitrogens with one attached hydrogen (secondary N) is 1. The van der Waals surface area contributed by atoms with Crippen LogP contribution >= 0.6 is 0 Å². The second-order valence-corrected chi connectivity index (χ2v) is 6.86. The van der Waals surface area contributed by atoms with Gasteiger partial charge in [-0.3, -0.25) is 20.2 Å². The van der Waals surface area contributed by atoms with Crippen LogP contribution in [-0.2, 0) is 11.6 Å². The monoisotopic (exact) mass is 383 g/mol. The molecule has 0 aliphatic rings. The zero-order valence-electron chi connectivity index (χ0n) is 14.6. The summed E-state index contributed by atoms with van der Waals surface area (Å²) >= 11 is 0. The third-order valence-electron chi connectivity index (χ3n) is 3.82. The summed E-state index contributed by atoms with van der Waals surface area (Å²) < 4.78 is 38.6. The minimum atomic E-state index is -4.62. The molecule has 0 bridgehead atoms. The molecule has 0 heterocycles. The lowest BCUT2D eigenvalue weighted by Crippen LogP contribution is -2.13. The Bertz CT molecular complexity index is 870. The van der Waals surface area contributed by atoms with E-state index in [1.165, 1.54) is 18.2 Å². The van der Waals surface area contributed by atoms with E-state index >= 15 is 0 Å². The van der Waals surface area contributed by atoms with Crippen LogP contribution < -0.4 is 5.32 Å². The fourth-order valence-electron chi connectivity index (χ4n) is 2.38. The summed E-state index contributed by atoms with van der Waals surface area (Å²) in [5.41, 5.74) is -3.04. The van der Waals surface area contributed by atoms with E-state index in [2.05, 4.69) is 5.32 Å². The zero-order chi connectivity index (χ0) is 20.6. The quantitative estimate of drug-likeness (QED) is 0.550. The van der Waals surface area contributed by atoms with Gasteiger partial charge in [-0.25, -0.2) is 0 Å². The smallest absolute Gasteiger partial charge is 0.344 e. The molecule has 0 spiro atoms. The maximum Gasteiger partial charge on any atom is 0.416 e. The number of rotatable bonds is 4. The highest BCUT2D eigenvalue weighted by molar-refractivity contribution is 5.80. The Labute approximate surface area is 152 Å². The average Bonchev–Trinajstić information content (AvgIpc) is 2.52. The summed E-state index contributed by atoms with van der Waals surface area (Å²) in [7, 11) is 0. The van der Waals surface area contributed by atoms with E-state index in [-0.39, 0.29) is 5.69 Å². The van der Waals surface area contributed by atoms with Gasteiger partial charge in [0.1, 0.15) is 0 Å². The van der Waals surface area contributed by atoms with Crippen molar-refractivity contribution in [3.8, 4) is 0 Å². The molecular formula is C17H16F3N3O4. The molecule has 0 atom stereocenters. The molecule has 2 rings (SSSR count). The molecule has 0 unspecified atom stereocenters. The Morgan fingerprint density at radius 1 is 0.889 bits per heavy atom. The van der Waals surface area contributed by atoms with Crippen LogP contribution in [0.2, 0.25) is 0 Å². The second-order valence-electron chi connectivity index (χ2n) is 6.86. The molecule has 0 radical (unpaired) electrons. The van der Waals surface area contributed by atoms with E-state index < -0.39 is 44.1 Å². The van der Waals surface area contributed by atoms with Crippen LogP contribution in [0.5, 0.6) is 0 Å². The van der Waals surface area contributed by atoms with Crippen molar-refractivity contribution in [2.24, 2.45) is 0 Å². The predicted molar refractivity (Wildman–Crippen MR) is 93.2 cm³/mol. The minimum Gasteiger partial charge on any atom is -0.344 e. The summed E-state index contributed by atoms with van der Waals surface area (Å²) in [6.07, 6.45) is -4.62. The number of alkyl halides is 3. The molecule has 0 saturated carbocycles. The zero-order valence-corrected chi connectivity index (χ0v) is 14.6. The fourth-order valence-corrected chi connectivity index (χ4v) is 2.38. The second kappa shape index (κ2) is 6.86. The lowest BCUT2D eigenvalue weighted by Gasteiger charge is -2.19. The minimum absolute atomic E-state index is 0.153. The van der Waals surface area contributed by atoms with Gasteiger partial charge in [0, 0.05) is 17.8 Å². The molecular weight excluding hydrogens is 367 g/mol. The van der Waals surface area contributed by atoms with E-state index in [0.29, 0.717) is 5.56 Å². The van der Waals surface area contributed by atoms with Crippen molar-refractivity contribution in [1.29, 1.82) is 0 Å². The highest BCUT2D eigenvalue weighted by Gasteiger charge is 2.32. The Balaban J connectivity index is 2.65. The van der Waals surface area contributed by atoms with Crippen molar-refractivity contribution in [1.82, 2.24) is 0 Å². The van der Waals surface area contributed by atoms with Crippen molar-refractivity contribution in [2.45, 2.75) is 32.4 Å². The van der Waals surface area contributed by atoms with Crippen molar-refractivity contribution in [3.05, 3.63) is 67.8 Å². The Kier molecular flexibility index (Phi) is 5.12. The number of nitrogens with zero attached hydrogens (tertiary/aromatic N) is 2. The summed E-state index contributed by atoms with van der Waals surface area (Å²) in [6, 6.07) is 6.26. The SMILES string of the molecule is CC(C)(C)c1cc([N+](=O)[O-])c(Nc2cccc(C(F)(F)F)c2)c([N+](=O)[O-])c1. The molecule has 0 aromatic heterocycles. The Morgan fingerprint density at radius 3 is 1.81 bits per heavy atom. The van der Waals surface area contributed by atoms with Crippen molar-refractivity contribution < 1.29 is 23.0 Å². The van der Waals surface area contributed by atoms with Crippen LogP contribution in [0.1, 0.15) is 31.9 Å². The highest BCUT2D eigenvalue weighted by atomic mass is 19.4. The van der Waals surface area contributed by atoms with Crippen LogP contribution in [0, 0.1) is 20.2 Å². The molecule has 10 heteroatoms. The molecule has 144 valence electrons. The first-order valence-electron chi connectivity index (χ1n) is 7.72. The molecule has 0 fully saturated rings. The number of benzene rings is 2. The van der Waals surface area contributed by atoms with E-state index in [4.69, 9.17) is 0 Å². The van der Waals surface area contributed by atoms with Crippen LogP contribution in [0.4, 0.5) is 35.9 Å². The first-order valence-corrected chi connectivity index (χ1v) is 7.72. The molecule has 1 N–H and O–H groups in total. The lowest BCUT2D eigenvalue weighted by atomic mass is 9.86. The van der Waals surface area contributed by atoms with E-state index in [1.54, 1.807) is 20.8 Å². The van der Waals surface area contributed by atoms with Gasteiger partial charge in [-0.05, 0) is 29.2 Å². The normalized spacial score (nSPS) is 11.9. The summed E-state index contributed by atoms with van der Waals surface area (Å²) in [4.78, 5) is 21.3. The number of halogens is 3. The van der Waals surface area contributed by atoms with Gasteiger partial charge >= 0.3 is 6.18 Å². The van der Waals surface area contributed by atoms with Crippen molar-refractivity contribution in [3.63, 3.8) is 0 Å². The Hall–Kier alpha value is -3.17. The predicted octanol–water partition coefficient (Wildman–Crippen LogP) is 5.56. The van der Waals surface area contributed by atoms with Gasteiger partial charge < -0.3 is 5.32 Å². The highest BCUT2D eigenvalue weighted by Crippen LogP contribution is 2.41. The van der Waals surface area contributed by atoms with E-state index in [0.717, 1.165) is 18.2 Å². The standard InChI is InChI=1S/C17H16F3N3O4/c1-16(2,3)11-8-13(22(24)25)15(14(9-11)23(26)27)21-12-6-4-5-10(7-12)17(18,19)20/h4-9,21H,1-3H3. The van der Waals surface area contributed by atoms with Crippen LogP contribution in [-0.4, -0.2) is 9.85 Å². The number of nitro groups is 2. The van der Waals surface area contributed by atoms with Crippen LogP contribution in [0.15, 0.2) is 36.4 Å². The molecule has 0 amide bonds. The molecule has 0 saturated heterocycles. The van der Waals surface area contributed by atoms with Crippen LogP contribution in [0.3, 0.4) is 0 Å². The van der Waals surface area contributed by atoms with Crippen molar-refractivity contribution >= 4 is 22.7 Å². The molecule has 27 heavy (non-hydrogen) atoms. The number of nitro benzene ring substituents is 2. The van der Waals surface area contributed by atoms with Gasteiger partial charge in [-0.1, -0.05) is 26.8 Å². The van der Waals surface area contributed by atoms with Crippen LogP contribution in [0.25, 0.3) is 0 Å². The molecule has 0 aliphatic carbocycles. The van der Waals surface area contributed by atoms with Gasteiger partial charge in [0.25, 0.3) is 11.4 Å². The summed E-state index contributed by atoms with van der Waals surface area (Å²) in [5.74, 6) is 0. The molecule has 7 nitrogen and oxygen atoms in total. The van der Waals surface area contributed by atoms with Gasteiger partial charge in [-0.2, -0.15) is 13.2 Å². The van der Waals surface area contributed by atoms with Gasteiger partial charge in [-0.15, -0.1) is 0 Å². The Morgan fingerprint density at radius 2 is 1.41 bits per heavy atom. The van der Waals surface area contributed by atoms with Crippen molar-refractivity contribution in [2.75, 3.05) is 5.32 Å². The average molecular weight is 383 g/mol. The third kappa shape index (κ3) is 4.52. The largest absolute Gasteiger partial charge is 0.416 e. The number of anilines is 2. The molecule has 2 aromatic rings. The van der Waals surface area contributed by atoms with Gasteiger partial charge in [0.05, 0.1) is 15.4 Å². The van der Waals surface area contributed by atoms with Gasteiger partial charge in [0.2, 0.25) is 0 Å². The topological polar surface area (TPSA) is 98.3 Å². The third-order valence-corrected chi connectivity index (χ3v) is 3.82. The summed E-state index contributed by atoms with van der Waals surface area (Å²) in [6.45, 7) is 5.20. The molecule has 2 aromatic carbocycles. The first kappa shape index (κ1) is 20.1. The maximum absolute atomic E-state index is 12.9. The summed E-state index contributed by atoms with van der Waals surface area (Å²) in [5, 5.41) is 25.3. The number of hydrogen-bond donors (Lipinski definition) is 1. The molecule has 0 aliphatic heterocycles. The van der Waals surface area contributed by atoms with E-state index in [9.17, 15) is 33.4 Å². The lowest BCUT2D eigenvalue weighted by molar-refractivity contribution is -0.392. The fraction of sp³-hybridized carbons (Fsp3) is 0.294.